The molecule has 0 aromatic heterocycles. The molecule has 0 heterocycles. The monoisotopic (exact) mass is 183 g/mol. The summed E-state index contributed by atoms with van der Waals surface area (Å²) in [5, 5.41) is 6.89. The molecule has 0 aliphatic heterocycles. The van der Waals surface area contributed by atoms with Gasteiger partial charge in [-0.15, -0.1) is 19.7 Å². The van der Waals surface area contributed by atoms with Crippen LogP contribution >= 0.6 is 0 Å². The van der Waals surface area contributed by atoms with Gasteiger partial charge in [0.05, 0.1) is 0 Å². The Balaban J connectivity index is 0. The first-order valence-electron chi connectivity index (χ1n) is 3.89. The maximum Gasteiger partial charge on any atom is 0.290 e. The van der Waals surface area contributed by atoms with E-state index in [1.165, 1.54) is 0 Å². The van der Waals surface area contributed by atoms with Crippen LogP contribution in [0.3, 0.4) is 0 Å². The highest BCUT2D eigenvalue weighted by Gasteiger charge is 1.94. The van der Waals surface area contributed by atoms with Gasteiger partial charge in [0, 0.05) is 19.6 Å². The lowest BCUT2D eigenvalue weighted by molar-refractivity contribution is -0.122. The average Bonchev–Trinajstić information content (AvgIpc) is 2.07. The van der Waals surface area contributed by atoms with Crippen LogP contribution in [-0.2, 0) is 4.79 Å². The Kier molecular flexibility index (Phi) is 14.5. The van der Waals surface area contributed by atoms with Crippen LogP contribution in [0.5, 0.6) is 0 Å². The molecule has 0 amide bonds. The van der Waals surface area contributed by atoms with Crippen molar-refractivity contribution >= 4 is 6.47 Å². The topological polar surface area (TPSA) is 40.5 Å². The fourth-order valence-corrected chi connectivity index (χ4v) is 0.771. The molecule has 0 bridgehead atoms. The minimum absolute atomic E-state index is 0.250. The van der Waals surface area contributed by atoms with Crippen molar-refractivity contribution < 1.29 is 9.90 Å². The normalized spacial score (nSPS) is 8.08. The van der Waals surface area contributed by atoms with Crippen LogP contribution in [0.25, 0.3) is 0 Å². The molecule has 0 radical (unpaired) electrons. The standard InChI is InChI=1S/C9H15N.CH2O2/c1-4-7-10(8-5-2)9-6-3;2-1-3/h4-6H,1-3,7-9H2;1H,(H,2,3). The summed E-state index contributed by atoms with van der Waals surface area (Å²) in [5.41, 5.74) is 0. The molecule has 13 heavy (non-hydrogen) atoms. The molecule has 0 unspecified atom stereocenters. The highest BCUT2D eigenvalue weighted by atomic mass is 16.3. The van der Waals surface area contributed by atoms with Crippen LogP contribution < -0.4 is 0 Å². The van der Waals surface area contributed by atoms with Crippen molar-refractivity contribution in [3.8, 4) is 0 Å². The lowest BCUT2D eigenvalue weighted by Gasteiger charge is -2.15. The molecule has 0 aromatic carbocycles. The number of carbonyl (C=O) groups is 1. The van der Waals surface area contributed by atoms with Gasteiger partial charge < -0.3 is 5.11 Å². The Labute approximate surface area is 79.7 Å². The molecule has 0 aliphatic rings. The largest absolute Gasteiger partial charge is 0.483 e. The number of carboxylic acid groups (broad SMARTS) is 1. The number of nitrogens with zero attached hydrogens (tertiary/aromatic N) is 1. The first-order valence-corrected chi connectivity index (χ1v) is 3.89. The second-order valence-electron chi connectivity index (χ2n) is 2.19. The molecule has 0 spiro atoms. The van der Waals surface area contributed by atoms with Gasteiger partial charge in [-0.05, 0) is 0 Å². The Hall–Kier alpha value is -1.35. The second kappa shape index (κ2) is 13.3. The molecule has 0 rings (SSSR count). The van der Waals surface area contributed by atoms with Gasteiger partial charge in [-0.3, -0.25) is 9.69 Å². The fraction of sp³-hybridized carbons (Fsp3) is 0.300. The number of hydrogen-bond acceptors (Lipinski definition) is 2. The van der Waals surface area contributed by atoms with Crippen LogP contribution in [0, 0.1) is 0 Å². The smallest absolute Gasteiger partial charge is 0.290 e. The van der Waals surface area contributed by atoms with Crippen molar-refractivity contribution in [1.82, 2.24) is 4.90 Å². The Morgan fingerprint density at radius 1 is 1.00 bits per heavy atom. The third kappa shape index (κ3) is 13.6. The Morgan fingerprint density at radius 3 is 1.38 bits per heavy atom. The van der Waals surface area contributed by atoms with E-state index < -0.39 is 0 Å². The zero-order valence-electron chi connectivity index (χ0n) is 7.85. The molecule has 3 heteroatoms. The molecule has 0 saturated heterocycles. The Morgan fingerprint density at radius 2 is 1.23 bits per heavy atom. The zero-order chi connectivity index (χ0) is 10.5. The van der Waals surface area contributed by atoms with E-state index in [1.54, 1.807) is 0 Å². The lowest BCUT2D eigenvalue weighted by atomic mass is 10.4. The van der Waals surface area contributed by atoms with E-state index in [2.05, 4.69) is 24.6 Å². The van der Waals surface area contributed by atoms with Crippen LogP contribution in [0.15, 0.2) is 38.0 Å². The maximum absolute atomic E-state index is 8.36. The van der Waals surface area contributed by atoms with Gasteiger partial charge in [0.1, 0.15) is 0 Å². The zero-order valence-corrected chi connectivity index (χ0v) is 7.85. The van der Waals surface area contributed by atoms with E-state index in [0.717, 1.165) is 19.6 Å². The summed E-state index contributed by atoms with van der Waals surface area (Å²) in [7, 11) is 0. The first kappa shape index (κ1) is 14.2. The van der Waals surface area contributed by atoms with Gasteiger partial charge in [0.15, 0.2) is 0 Å². The van der Waals surface area contributed by atoms with Crippen LogP contribution in [-0.4, -0.2) is 36.1 Å². The summed E-state index contributed by atoms with van der Waals surface area (Å²) in [5.74, 6) is 0. The summed E-state index contributed by atoms with van der Waals surface area (Å²) < 4.78 is 0. The third-order valence-electron chi connectivity index (χ3n) is 1.16. The summed E-state index contributed by atoms with van der Waals surface area (Å²) in [6.07, 6.45) is 5.65. The molecule has 0 fully saturated rings. The van der Waals surface area contributed by atoms with E-state index in [9.17, 15) is 0 Å². The van der Waals surface area contributed by atoms with Gasteiger partial charge in [-0.25, -0.2) is 0 Å². The van der Waals surface area contributed by atoms with Crippen molar-refractivity contribution in [2.24, 2.45) is 0 Å². The van der Waals surface area contributed by atoms with Crippen molar-refractivity contribution in [3.63, 3.8) is 0 Å². The van der Waals surface area contributed by atoms with Gasteiger partial charge in [-0.1, -0.05) is 18.2 Å². The summed E-state index contributed by atoms with van der Waals surface area (Å²) in [6.45, 7) is 13.4. The molecule has 0 aromatic rings. The van der Waals surface area contributed by atoms with Gasteiger partial charge in [0.25, 0.3) is 6.47 Å². The second-order valence-corrected chi connectivity index (χ2v) is 2.19. The summed E-state index contributed by atoms with van der Waals surface area (Å²) in [6, 6.07) is 0. The first-order chi connectivity index (χ1) is 6.26. The predicted octanol–water partition coefficient (Wildman–Crippen LogP) is 1.55. The fourth-order valence-electron chi connectivity index (χ4n) is 0.771. The molecule has 74 valence electrons. The minimum atomic E-state index is -0.250. The van der Waals surface area contributed by atoms with Crippen molar-refractivity contribution in [1.29, 1.82) is 0 Å². The van der Waals surface area contributed by atoms with Crippen LogP contribution in [0.4, 0.5) is 0 Å². The van der Waals surface area contributed by atoms with Crippen LogP contribution in [0.2, 0.25) is 0 Å². The summed E-state index contributed by atoms with van der Waals surface area (Å²) in [4.78, 5) is 10.5. The van der Waals surface area contributed by atoms with E-state index >= 15 is 0 Å². The maximum atomic E-state index is 8.36. The van der Waals surface area contributed by atoms with Crippen molar-refractivity contribution in [2.45, 2.75) is 0 Å². The number of rotatable bonds is 6. The lowest BCUT2D eigenvalue weighted by Crippen LogP contribution is -2.23. The molecule has 0 aliphatic carbocycles. The van der Waals surface area contributed by atoms with Gasteiger partial charge in [0.2, 0.25) is 0 Å². The highest BCUT2D eigenvalue weighted by Crippen LogP contribution is 1.88. The van der Waals surface area contributed by atoms with E-state index in [4.69, 9.17) is 9.90 Å². The van der Waals surface area contributed by atoms with Gasteiger partial charge in [-0.2, -0.15) is 0 Å². The molecular formula is C10H17NO2. The van der Waals surface area contributed by atoms with Crippen molar-refractivity contribution in [2.75, 3.05) is 19.6 Å². The predicted molar refractivity (Wildman–Crippen MR) is 55.7 cm³/mol. The SMILES string of the molecule is C=CCN(CC=C)CC=C.O=CO. The Bertz CT molecular complexity index is 131. The summed E-state index contributed by atoms with van der Waals surface area (Å²) >= 11 is 0. The van der Waals surface area contributed by atoms with E-state index in [-0.39, 0.29) is 6.47 Å². The minimum Gasteiger partial charge on any atom is -0.483 e. The van der Waals surface area contributed by atoms with Crippen LogP contribution in [0.1, 0.15) is 0 Å². The number of hydrogen-bond donors (Lipinski definition) is 1. The van der Waals surface area contributed by atoms with E-state index in [0.29, 0.717) is 0 Å². The van der Waals surface area contributed by atoms with E-state index in [1.807, 2.05) is 18.2 Å². The molecule has 0 atom stereocenters. The highest BCUT2D eigenvalue weighted by molar-refractivity contribution is 5.32. The average molecular weight is 183 g/mol. The van der Waals surface area contributed by atoms with Gasteiger partial charge >= 0.3 is 0 Å². The molecule has 3 nitrogen and oxygen atoms in total. The molecule has 0 saturated carbocycles. The molecule has 1 N–H and O–H groups in total. The quantitative estimate of drug-likeness (QED) is 0.501. The van der Waals surface area contributed by atoms with Crippen molar-refractivity contribution in [3.05, 3.63) is 38.0 Å². The third-order valence-corrected chi connectivity index (χ3v) is 1.16. The molecular weight excluding hydrogens is 166 g/mol.